The van der Waals surface area contributed by atoms with E-state index in [0.29, 0.717) is 6.04 Å². The summed E-state index contributed by atoms with van der Waals surface area (Å²) in [6, 6.07) is 15.2. The normalized spacial score (nSPS) is 15.7. The Morgan fingerprint density at radius 3 is 2.12 bits per heavy atom. The van der Waals surface area contributed by atoms with Crippen LogP contribution in [-0.2, 0) is 13.1 Å². The van der Waals surface area contributed by atoms with Crippen molar-refractivity contribution in [1.29, 1.82) is 0 Å². The number of aromatic nitrogens is 1. The Morgan fingerprint density at radius 2 is 1.46 bits per heavy atom. The van der Waals surface area contributed by atoms with Crippen molar-refractivity contribution in [2.45, 2.75) is 64.1 Å². The molecule has 0 bridgehead atoms. The van der Waals surface area contributed by atoms with Crippen molar-refractivity contribution in [1.82, 2.24) is 15.2 Å². The second-order valence-corrected chi connectivity index (χ2v) is 7.58. The van der Waals surface area contributed by atoms with Crippen LogP contribution in [0.1, 0.15) is 56.1 Å². The van der Waals surface area contributed by atoms with Gasteiger partial charge in [-0.05, 0) is 48.3 Å². The van der Waals surface area contributed by atoms with Gasteiger partial charge >= 0.3 is 0 Å². The molecule has 0 unspecified atom stereocenters. The van der Waals surface area contributed by atoms with Gasteiger partial charge in [-0.15, -0.1) is 0 Å². The minimum Gasteiger partial charge on any atom is -0.360 e. The predicted molar refractivity (Wildman–Crippen MR) is 112 cm³/mol. The van der Waals surface area contributed by atoms with Crippen LogP contribution in [0.2, 0.25) is 0 Å². The molecular weight excluding hydrogens is 338 g/mol. The van der Waals surface area contributed by atoms with Gasteiger partial charge in [0.1, 0.15) is 0 Å². The molecule has 1 N–H and O–H groups in total. The van der Waals surface area contributed by atoms with E-state index in [-0.39, 0.29) is 0 Å². The number of hydrogen-bond acceptors (Lipinski definition) is 2. The lowest BCUT2D eigenvalue weighted by Crippen LogP contribution is -2.44. The fraction of sp³-hybridized carbons (Fsp3) is 0.455. The molecule has 0 saturated heterocycles. The van der Waals surface area contributed by atoms with Gasteiger partial charge in [0.15, 0.2) is 5.11 Å². The van der Waals surface area contributed by atoms with Gasteiger partial charge in [-0.2, -0.15) is 0 Å². The Balaban J connectivity index is 1.67. The quantitative estimate of drug-likeness (QED) is 0.747. The molecule has 0 spiro atoms. The molecule has 0 aliphatic heterocycles. The first-order valence-corrected chi connectivity index (χ1v) is 10.2. The maximum absolute atomic E-state index is 5.83. The number of pyridine rings is 1. The van der Waals surface area contributed by atoms with Crippen molar-refractivity contribution in [3.05, 3.63) is 66.0 Å². The highest BCUT2D eigenvalue weighted by atomic mass is 32.1. The minimum atomic E-state index is 0.513. The van der Waals surface area contributed by atoms with Gasteiger partial charge in [0.05, 0.1) is 0 Å². The van der Waals surface area contributed by atoms with Crippen molar-refractivity contribution in [2.75, 3.05) is 0 Å². The highest BCUT2D eigenvalue weighted by molar-refractivity contribution is 7.80. The van der Waals surface area contributed by atoms with Crippen LogP contribution < -0.4 is 5.32 Å². The molecule has 2 aromatic rings. The first kappa shape index (κ1) is 18.8. The van der Waals surface area contributed by atoms with Gasteiger partial charge in [-0.25, -0.2) is 0 Å². The predicted octanol–water partition coefficient (Wildman–Crippen LogP) is 5.07. The molecule has 1 fully saturated rings. The van der Waals surface area contributed by atoms with Gasteiger partial charge in [-0.1, -0.05) is 62.4 Å². The van der Waals surface area contributed by atoms with Gasteiger partial charge in [0.25, 0.3) is 0 Å². The molecule has 0 amide bonds. The smallest absolute Gasteiger partial charge is 0.169 e. The lowest BCUT2D eigenvalue weighted by Gasteiger charge is -2.30. The Bertz CT molecular complexity index is 610. The van der Waals surface area contributed by atoms with Crippen molar-refractivity contribution in [3.63, 3.8) is 0 Å². The average molecular weight is 368 g/mol. The summed E-state index contributed by atoms with van der Waals surface area (Å²) in [7, 11) is 0. The zero-order valence-corrected chi connectivity index (χ0v) is 16.3. The third kappa shape index (κ3) is 6.10. The molecule has 26 heavy (non-hydrogen) atoms. The molecule has 0 radical (unpaired) electrons. The Kier molecular flexibility index (Phi) is 7.44. The van der Waals surface area contributed by atoms with E-state index in [0.717, 1.165) is 18.2 Å². The van der Waals surface area contributed by atoms with Gasteiger partial charge in [-0.3, -0.25) is 4.98 Å². The van der Waals surface area contributed by atoms with E-state index in [1.807, 2.05) is 12.4 Å². The first-order chi connectivity index (χ1) is 12.8. The summed E-state index contributed by atoms with van der Waals surface area (Å²) in [6.07, 6.45) is 12.9. The molecule has 1 heterocycles. The molecule has 1 aromatic carbocycles. The minimum absolute atomic E-state index is 0.513. The van der Waals surface area contributed by atoms with Crippen molar-refractivity contribution >= 4 is 17.3 Å². The second kappa shape index (κ2) is 10.3. The van der Waals surface area contributed by atoms with Crippen LogP contribution in [0.3, 0.4) is 0 Å². The summed E-state index contributed by atoms with van der Waals surface area (Å²) < 4.78 is 0. The summed E-state index contributed by atoms with van der Waals surface area (Å²) >= 11 is 5.83. The molecule has 0 atom stereocenters. The maximum Gasteiger partial charge on any atom is 0.169 e. The molecule has 1 saturated carbocycles. The van der Waals surface area contributed by atoms with Crippen LogP contribution in [0.15, 0.2) is 54.9 Å². The molecule has 138 valence electrons. The SMILES string of the molecule is S=C(NC1CCCCCCC1)N(Cc1ccccc1)Cc1ccncc1. The largest absolute Gasteiger partial charge is 0.360 e. The van der Waals surface area contributed by atoms with Crippen LogP contribution in [0.4, 0.5) is 0 Å². The number of hydrogen-bond donors (Lipinski definition) is 1. The third-order valence-electron chi connectivity index (χ3n) is 5.06. The zero-order valence-electron chi connectivity index (χ0n) is 15.4. The van der Waals surface area contributed by atoms with E-state index < -0.39 is 0 Å². The van der Waals surface area contributed by atoms with Crippen molar-refractivity contribution in [3.8, 4) is 0 Å². The van der Waals surface area contributed by atoms with Crippen LogP contribution in [-0.4, -0.2) is 21.0 Å². The summed E-state index contributed by atoms with van der Waals surface area (Å²) in [6.45, 7) is 1.62. The van der Waals surface area contributed by atoms with Gasteiger partial charge < -0.3 is 10.2 Å². The van der Waals surface area contributed by atoms with E-state index in [2.05, 4.69) is 57.7 Å². The number of benzene rings is 1. The van der Waals surface area contributed by atoms with E-state index in [4.69, 9.17) is 12.2 Å². The Labute approximate surface area is 162 Å². The number of thiocarbonyl (C=S) groups is 1. The Hall–Kier alpha value is -1.94. The fourth-order valence-electron chi connectivity index (χ4n) is 3.58. The monoisotopic (exact) mass is 367 g/mol. The fourth-order valence-corrected chi connectivity index (χ4v) is 3.87. The van der Waals surface area contributed by atoms with E-state index >= 15 is 0 Å². The van der Waals surface area contributed by atoms with Crippen molar-refractivity contribution in [2.24, 2.45) is 0 Å². The lowest BCUT2D eigenvalue weighted by molar-refractivity contribution is 0.370. The molecule has 4 heteroatoms. The zero-order chi connectivity index (χ0) is 18.0. The molecule has 1 aliphatic carbocycles. The van der Waals surface area contributed by atoms with Crippen molar-refractivity contribution < 1.29 is 0 Å². The van der Waals surface area contributed by atoms with Gasteiger partial charge in [0.2, 0.25) is 0 Å². The molecule has 3 nitrogen and oxygen atoms in total. The number of nitrogens with one attached hydrogen (secondary N) is 1. The maximum atomic E-state index is 5.83. The van der Waals surface area contributed by atoms with Crippen LogP contribution in [0.5, 0.6) is 0 Å². The van der Waals surface area contributed by atoms with Crippen LogP contribution in [0, 0.1) is 0 Å². The Morgan fingerprint density at radius 1 is 0.885 bits per heavy atom. The molecule has 1 aromatic heterocycles. The van der Waals surface area contributed by atoms with E-state index in [1.54, 1.807) is 0 Å². The first-order valence-electron chi connectivity index (χ1n) is 9.79. The van der Waals surface area contributed by atoms with E-state index in [9.17, 15) is 0 Å². The highest BCUT2D eigenvalue weighted by Gasteiger charge is 2.17. The summed E-state index contributed by atoms with van der Waals surface area (Å²) in [5.74, 6) is 0. The molecule has 1 aliphatic rings. The summed E-state index contributed by atoms with van der Waals surface area (Å²) in [5.41, 5.74) is 2.51. The topological polar surface area (TPSA) is 28.2 Å². The van der Waals surface area contributed by atoms with Crippen LogP contribution >= 0.6 is 12.2 Å². The second-order valence-electron chi connectivity index (χ2n) is 7.19. The third-order valence-corrected chi connectivity index (χ3v) is 5.44. The van der Waals surface area contributed by atoms with Crippen LogP contribution in [0.25, 0.3) is 0 Å². The number of nitrogens with zero attached hydrogens (tertiary/aromatic N) is 2. The number of rotatable bonds is 5. The average Bonchev–Trinajstić information content (AvgIpc) is 2.65. The summed E-state index contributed by atoms with van der Waals surface area (Å²) in [5, 5.41) is 4.54. The van der Waals surface area contributed by atoms with Gasteiger partial charge in [0, 0.05) is 31.5 Å². The molecule has 3 rings (SSSR count). The highest BCUT2D eigenvalue weighted by Crippen LogP contribution is 2.18. The van der Waals surface area contributed by atoms with E-state index in [1.165, 1.54) is 56.1 Å². The summed E-state index contributed by atoms with van der Waals surface area (Å²) in [4.78, 5) is 6.40. The molecular formula is C22H29N3S. The standard InChI is InChI=1S/C22H29N3S/c26-22(24-21-11-7-2-1-3-8-12-21)25(17-19-9-5-4-6-10-19)18-20-13-15-23-16-14-20/h4-6,9-10,13-16,21H,1-3,7-8,11-12,17-18H2,(H,24,26). The lowest BCUT2D eigenvalue weighted by atomic mass is 9.97.